The summed E-state index contributed by atoms with van der Waals surface area (Å²) in [5, 5.41) is 2.68. The van der Waals surface area contributed by atoms with E-state index >= 15 is 0 Å². The number of hydrogen-bond acceptors (Lipinski definition) is 5. The number of carbonyl (C=O) groups excluding carboxylic acids is 1. The molecule has 0 atom stereocenters. The first-order valence-electron chi connectivity index (χ1n) is 10.2. The standard InChI is InChI=1S/C23H25N3O5S2/c1-2-15-32(28,29)26-21-13-11-20(12-14-21)25-23(27)19-9-6-10-22(16-19)33(30,31)24-17-18-7-4-3-5-8-18/h3-14,16,24,26H,2,15,17H2,1H3,(H,25,27). The lowest BCUT2D eigenvalue weighted by Crippen LogP contribution is -2.23. The normalized spacial score (nSPS) is 11.7. The van der Waals surface area contributed by atoms with E-state index in [0.717, 1.165) is 5.56 Å². The van der Waals surface area contributed by atoms with E-state index in [0.29, 0.717) is 17.8 Å². The predicted octanol–water partition coefficient (Wildman–Crippen LogP) is 3.57. The van der Waals surface area contributed by atoms with Gasteiger partial charge in [0.25, 0.3) is 5.91 Å². The Morgan fingerprint density at radius 2 is 1.48 bits per heavy atom. The molecule has 0 fully saturated rings. The summed E-state index contributed by atoms with van der Waals surface area (Å²) in [6, 6.07) is 21.0. The molecular weight excluding hydrogens is 462 g/mol. The first kappa shape index (κ1) is 24.4. The molecule has 0 bridgehead atoms. The second kappa shape index (κ2) is 10.6. The minimum atomic E-state index is -3.81. The van der Waals surface area contributed by atoms with Crippen LogP contribution < -0.4 is 14.8 Å². The first-order valence-corrected chi connectivity index (χ1v) is 13.4. The Bertz CT molecular complexity index is 1310. The maximum absolute atomic E-state index is 12.6. The summed E-state index contributed by atoms with van der Waals surface area (Å²) < 4.78 is 54.0. The summed E-state index contributed by atoms with van der Waals surface area (Å²) >= 11 is 0. The van der Waals surface area contributed by atoms with Gasteiger partial charge in [0.15, 0.2) is 0 Å². The SMILES string of the molecule is CCCS(=O)(=O)Nc1ccc(NC(=O)c2cccc(S(=O)(=O)NCc3ccccc3)c2)cc1. The Morgan fingerprint density at radius 3 is 2.15 bits per heavy atom. The van der Waals surface area contributed by atoms with Gasteiger partial charge in [-0.15, -0.1) is 0 Å². The van der Waals surface area contributed by atoms with E-state index < -0.39 is 26.0 Å². The van der Waals surface area contributed by atoms with Crippen LogP contribution in [0, 0.1) is 0 Å². The molecule has 0 aliphatic heterocycles. The minimum Gasteiger partial charge on any atom is -0.322 e. The highest BCUT2D eigenvalue weighted by atomic mass is 32.2. The van der Waals surface area contributed by atoms with Crippen molar-refractivity contribution in [1.82, 2.24) is 4.72 Å². The van der Waals surface area contributed by atoms with Gasteiger partial charge in [0.1, 0.15) is 0 Å². The molecule has 1 amide bonds. The van der Waals surface area contributed by atoms with Gasteiger partial charge >= 0.3 is 0 Å². The second-order valence-electron chi connectivity index (χ2n) is 7.29. The van der Waals surface area contributed by atoms with Crippen molar-refractivity contribution in [1.29, 1.82) is 0 Å². The Morgan fingerprint density at radius 1 is 0.818 bits per heavy atom. The van der Waals surface area contributed by atoms with Gasteiger partial charge in [0.2, 0.25) is 20.0 Å². The molecule has 0 saturated carbocycles. The molecule has 0 unspecified atom stereocenters. The largest absolute Gasteiger partial charge is 0.322 e. The zero-order valence-electron chi connectivity index (χ0n) is 18.0. The van der Waals surface area contributed by atoms with Crippen LogP contribution in [0.4, 0.5) is 11.4 Å². The summed E-state index contributed by atoms with van der Waals surface area (Å²) in [6.45, 7) is 1.91. The monoisotopic (exact) mass is 487 g/mol. The summed E-state index contributed by atoms with van der Waals surface area (Å²) in [5.41, 5.74) is 1.81. The maximum atomic E-state index is 12.6. The molecule has 3 rings (SSSR count). The molecule has 3 aromatic rings. The second-order valence-corrected chi connectivity index (χ2v) is 10.9. The van der Waals surface area contributed by atoms with E-state index in [9.17, 15) is 21.6 Å². The number of carbonyl (C=O) groups is 1. The van der Waals surface area contributed by atoms with Crippen LogP contribution in [0.1, 0.15) is 29.3 Å². The fourth-order valence-corrected chi connectivity index (χ4v) is 5.18. The number of rotatable bonds is 10. The fourth-order valence-electron chi connectivity index (χ4n) is 2.99. The van der Waals surface area contributed by atoms with Crippen LogP contribution in [0.2, 0.25) is 0 Å². The zero-order valence-corrected chi connectivity index (χ0v) is 19.6. The molecule has 0 aromatic heterocycles. The van der Waals surface area contributed by atoms with Gasteiger partial charge in [-0.1, -0.05) is 43.3 Å². The summed E-state index contributed by atoms with van der Waals surface area (Å²) in [6.07, 6.45) is 0.500. The number of sulfonamides is 2. The van der Waals surface area contributed by atoms with Crippen LogP contribution >= 0.6 is 0 Å². The van der Waals surface area contributed by atoms with Gasteiger partial charge in [0.05, 0.1) is 10.6 Å². The van der Waals surface area contributed by atoms with E-state index in [-0.39, 0.29) is 22.8 Å². The maximum Gasteiger partial charge on any atom is 0.255 e. The van der Waals surface area contributed by atoms with Crippen molar-refractivity contribution in [3.8, 4) is 0 Å². The van der Waals surface area contributed by atoms with Crippen molar-refractivity contribution in [3.63, 3.8) is 0 Å². The first-order chi connectivity index (χ1) is 15.7. The number of anilines is 2. The minimum absolute atomic E-state index is 0.0188. The van der Waals surface area contributed by atoms with Crippen LogP contribution in [0.25, 0.3) is 0 Å². The lowest BCUT2D eigenvalue weighted by atomic mass is 10.2. The fraction of sp³-hybridized carbons (Fsp3) is 0.174. The van der Waals surface area contributed by atoms with Crippen molar-refractivity contribution >= 4 is 37.3 Å². The molecule has 3 aromatic carbocycles. The summed E-state index contributed by atoms with van der Waals surface area (Å²) in [4.78, 5) is 12.6. The van der Waals surface area contributed by atoms with E-state index in [2.05, 4.69) is 14.8 Å². The lowest BCUT2D eigenvalue weighted by Gasteiger charge is -2.10. The molecule has 0 saturated heterocycles. The molecular formula is C23H25N3O5S2. The zero-order chi connectivity index (χ0) is 23.9. The molecule has 0 aliphatic rings. The van der Waals surface area contributed by atoms with E-state index in [1.165, 1.54) is 36.4 Å². The Labute approximate surface area is 194 Å². The van der Waals surface area contributed by atoms with Crippen molar-refractivity contribution in [3.05, 3.63) is 90.0 Å². The van der Waals surface area contributed by atoms with Crippen LogP contribution in [-0.4, -0.2) is 28.5 Å². The van der Waals surface area contributed by atoms with Gasteiger partial charge in [-0.25, -0.2) is 21.6 Å². The molecule has 8 nitrogen and oxygen atoms in total. The molecule has 10 heteroatoms. The third-order valence-electron chi connectivity index (χ3n) is 4.60. The lowest BCUT2D eigenvalue weighted by molar-refractivity contribution is 0.102. The van der Waals surface area contributed by atoms with Gasteiger partial charge in [-0.2, -0.15) is 0 Å². The molecule has 0 heterocycles. The van der Waals surface area contributed by atoms with E-state index in [1.54, 1.807) is 19.1 Å². The third-order valence-corrected chi connectivity index (χ3v) is 7.50. The quantitative estimate of drug-likeness (QED) is 0.404. The summed E-state index contributed by atoms with van der Waals surface area (Å²) in [7, 11) is -7.22. The van der Waals surface area contributed by atoms with E-state index in [4.69, 9.17) is 0 Å². The highest BCUT2D eigenvalue weighted by Gasteiger charge is 2.16. The van der Waals surface area contributed by atoms with Crippen molar-refractivity contribution in [2.24, 2.45) is 0 Å². The predicted molar refractivity (Wildman–Crippen MR) is 129 cm³/mol. The summed E-state index contributed by atoms with van der Waals surface area (Å²) in [5.74, 6) is -0.472. The Kier molecular flexibility index (Phi) is 7.85. The van der Waals surface area contributed by atoms with Crippen LogP contribution in [-0.2, 0) is 26.6 Å². The number of nitrogens with one attached hydrogen (secondary N) is 3. The van der Waals surface area contributed by atoms with Gasteiger partial charge < -0.3 is 5.32 Å². The smallest absolute Gasteiger partial charge is 0.255 e. The average molecular weight is 488 g/mol. The molecule has 33 heavy (non-hydrogen) atoms. The van der Waals surface area contributed by atoms with Gasteiger partial charge in [-0.3, -0.25) is 9.52 Å². The molecule has 0 aliphatic carbocycles. The van der Waals surface area contributed by atoms with Crippen molar-refractivity contribution < 1.29 is 21.6 Å². The van der Waals surface area contributed by atoms with Crippen molar-refractivity contribution in [2.75, 3.05) is 15.8 Å². The van der Waals surface area contributed by atoms with Gasteiger partial charge in [-0.05, 0) is 54.4 Å². The van der Waals surface area contributed by atoms with Gasteiger partial charge in [0, 0.05) is 23.5 Å². The van der Waals surface area contributed by atoms with Crippen LogP contribution in [0.5, 0.6) is 0 Å². The molecule has 0 radical (unpaired) electrons. The topological polar surface area (TPSA) is 121 Å². The number of hydrogen-bond donors (Lipinski definition) is 3. The number of benzene rings is 3. The van der Waals surface area contributed by atoms with Crippen LogP contribution in [0.3, 0.4) is 0 Å². The molecule has 3 N–H and O–H groups in total. The highest BCUT2D eigenvalue weighted by molar-refractivity contribution is 7.92. The average Bonchev–Trinajstić information content (AvgIpc) is 2.79. The van der Waals surface area contributed by atoms with E-state index in [1.807, 2.05) is 30.3 Å². The highest BCUT2D eigenvalue weighted by Crippen LogP contribution is 2.18. The van der Waals surface area contributed by atoms with Crippen LogP contribution in [0.15, 0.2) is 83.8 Å². The van der Waals surface area contributed by atoms with Crippen molar-refractivity contribution in [2.45, 2.75) is 24.8 Å². The molecule has 0 spiro atoms. The third kappa shape index (κ3) is 7.14. The molecule has 174 valence electrons. The number of amides is 1. The Balaban J connectivity index is 1.67. The Hall–Kier alpha value is -3.21.